The van der Waals surface area contributed by atoms with E-state index in [2.05, 4.69) is 34.6 Å². The summed E-state index contributed by atoms with van der Waals surface area (Å²) in [5.41, 5.74) is 3.26. The summed E-state index contributed by atoms with van der Waals surface area (Å²) in [6, 6.07) is 15.3. The molecule has 1 fully saturated rings. The highest BCUT2D eigenvalue weighted by Gasteiger charge is 2.29. The van der Waals surface area contributed by atoms with Crippen molar-refractivity contribution < 1.29 is 22.8 Å². The lowest BCUT2D eigenvalue weighted by Gasteiger charge is -2.26. The minimum absolute atomic E-state index is 0.158. The Bertz CT molecular complexity index is 1320. The third-order valence-electron chi connectivity index (χ3n) is 6.46. The molecule has 2 aromatic carbocycles. The first-order chi connectivity index (χ1) is 16.9. The number of nitrogens with one attached hydrogen (secondary N) is 2. The van der Waals surface area contributed by atoms with Gasteiger partial charge in [-0.1, -0.05) is 47.7 Å². The summed E-state index contributed by atoms with van der Waals surface area (Å²) < 4.78 is 33.0. The second-order valence-electron chi connectivity index (χ2n) is 8.93. The molecule has 1 unspecified atom stereocenters. The fourth-order valence-corrected chi connectivity index (χ4v) is 7.26. The SMILES string of the molecule is Cc1ccc(C(=O)Nc2nc3c(s2)C[NH+](Cc2ccccc2)CC3)cc1S(=O)(=O)N1CCOCC1. The van der Waals surface area contributed by atoms with E-state index in [0.717, 1.165) is 31.7 Å². The van der Waals surface area contributed by atoms with Crippen molar-refractivity contribution in [2.45, 2.75) is 31.3 Å². The molecule has 35 heavy (non-hydrogen) atoms. The highest BCUT2D eigenvalue weighted by molar-refractivity contribution is 7.89. The van der Waals surface area contributed by atoms with Crippen LogP contribution >= 0.6 is 11.3 Å². The fourth-order valence-electron chi connectivity index (χ4n) is 4.53. The number of morpholine rings is 1. The van der Waals surface area contributed by atoms with Crippen LogP contribution in [0.25, 0.3) is 0 Å². The van der Waals surface area contributed by atoms with Gasteiger partial charge in [-0.15, -0.1) is 0 Å². The molecule has 2 aliphatic heterocycles. The van der Waals surface area contributed by atoms with Gasteiger partial charge in [0.1, 0.15) is 13.1 Å². The van der Waals surface area contributed by atoms with Crippen molar-refractivity contribution in [2.75, 3.05) is 38.2 Å². The number of hydrogen-bond donors (Lipinski definition) is 2. The first-order valence-electron chi connectivity index (χ1n) is 11.8. The molecule has 2 N–H and O–H groups in total. The maximum Gasteiger partial charge on any atom is 0.257 e. The van der Waals surface area contributed by atoms with Crippen molar-refractivity contribution in [3.63, 3.8) is 0 Å². The van der Waals surface area contributed by atoms with Gasteiger partial charge in [-0.05, 0) is 24.6 Å². The maximum absolute atomic E-state index is 13.2. The van der Waals surface area contributed by atoms with Crippen molar-refractivity contribution in [3.05, 3.63) is 75.8 Å². The van der Waals surface area contributed by atoms with Crippen LogP contribution in [0, 0.1) is 6.92 Å². The van der Waals surface area contributed by atoms with E-state index in [1.54, 1.807) is 19.1 Å². The van der Waals surface area contributed by atoms with Gasteiger partial charge < -0.3 is 9.64 Å². The third-order valence-corrected chi connectivity index (χ3v) is 9.51. The molecule has 0 aliphatic carbocycles. The number of benzene rings is 2. The smallest absolute Gasteiger partial charge is 0.257 e. The lowest BCUT2D eigenvalue weighted by Crippen LogP contribution is -3.10. The van der Waals surface area contributed by atoms with Crippen LogP contribution in [0.4, 0.5) is 5.13 Å². The first-order valence-corrected chi connectivity index (χ1v) is 14.0. The van der Waals surface area contributed by atoms with E-state index in [1.807, 2.05) is 6.07 Å². The molecule has 5 rings (SSSR count). The zero-order valence-electron chi connectivity index (χ0n) is 19.6. The van der Waals surface area contributed by atoms with Crippen LogP contribution < -0.4 is 10.2 Å². The summed E-state index contributed by atoms with van der Waals surface area (Å²) >= 11 is 1.50. The Morgan fingerprint density at radius 1 is 1.17 bits per heavy atom. The van der Waals surface area contributed by atoms with Crippen LogP contribution in [-0.4, -0.2) is 56.5 Å². The molecule has 0 bridgehead atoms. The number of carbonyl (C=O) groups excluding carboxylic acids is 1. The number of carbonyl (C=O) groups is 1. The molecule has 0 saturated carbocycles. The van der Waals surface area contributed by atoms with Gasteiger partial charge >= 0.3 is 0 Å². The Hall–Kier alpha value is -2.63. The van der Waals surface area contributed by atoms with Crippen molar-refractivity contribution in [1.29, 1.82) is 0 Å². The van der Waals surface area contributed by atoms with Crippen molar-refractivity contribution >= 4 is 32.4 Å². The van der Waals surface area contributed by atoms with Crippen LogP contribution in [0.1, 0.15) is 32.1 Å². The van der Waals surface area contributed by atoms with E-state index in [9.17, 15) is 13.2 Å². The van der Waals surface area contributed by atoms with Gasteiger partial charge in [0.25, 0.3) is 5.91 Å². The number of fused-ring (bicyclic) bond motifs is 1. The van der Waals surface area contributed by atoms with E-state index in [-0.39, 0.29) is 10.8 Å². The molecule has 0 radical (unpaired) electrons. The highest BCUT2D eigenvalue weighted by Crippen LogP contribution is 2.26. The van der Waals surface area contributed by atoms with Crippen LogP contribution in [0.15, 0.2) is 53.4 Å². The van der Waals surface area contributed by atoms with Gasteiger partial charge in [-0.25, -0.2) is 13.4 Å². The Kier molecular flexibility index (Phi) is 6.99. The van der Waals surface area contributed by atoms with Gasteiger partial charge in [-0.2, -0.15) is 4.31 Å². The molecule has 3 aromatic rings. The standard InChI is InChI=1S/C25H28N4O4S2/c1-18-7-8-20(15-23(18)35(31,32)29-11-13-33-14-12-29)24(30)27-25-26-21-9-10-28(17-22(21)34-25)16-19-5-3-2-4-6-19/h2-8,15H,9-14,16-17H2,1H3,(H,26,27,30)/p+1. The number of nitrogens with zero attached hydrogens (tertiary/aromatic N) is 2. The predicted octanol–water partition coefficient (Wildman–Crippen LogP) is 1.87. The number of aryl methyl sites for hydroxylation is 1. The topological polar surface area (TPSA) is 93.0 Å². The Morgan fingerprint density at radius 2 is 1.94 bits per heavy atom. The minimum Gasteiger partial charge on any atom is -0.379 e. The lowest BCUT2D eigenvalue weighted by atomic mass is 10.1. The van der Waals surface area contributed by atoms with E-state index >= 15 is 0 Å². The third kappa shape index (κ3) is 5.31. The van der Waals surface area contributed by atoms with Gasteiger partial charge in [-0.3, -0.25) is 10.1 Å². The molecule has 1 aromatic heterocycles. The summed E-state index contributed by atoms with van der Waals surface area (Å²) in [6.45, 7) is 5.95. The highest BCUT2D eigenvalue weighted by atomic mass is 32.2. The van der Waals surface area contributed by atoms with Crippen molar-refractivity contribution in [2.24, 2.45) is 0 Å². The summed E-state index contributed by atoms with van der Waals surface area (Å²) in [5, 5.41) is 3.44. The summed E-state index contributed by atoms with van der Waals surface area (Å²) in [6.07, 6.45) is 0.871. The molecule has 184 valence electrons. The molecule has 1 amide bonds. The number of aromatic nitrogens is 1. The van der Waals surface area contributed by atoms with Gasteiger partial charge in [0, 0.05) is 30.6 Å². The number of amides is 1. The normalized spacial score (nSPS) is 18.7. The van der Waals surface area contributed by atoms with Gasteiger partial charge in [0.15, 0.2) is 5.13 Å². The molecule has 8 nitrogen and oxygen atoms in total. The van der Waals surface area contributed by atoms with Crippen LogP contribution in [-0.2, 0) is 34.3 Å². The number of rotatable bonds is 6. The van der Waals surface area contributed by atoms with Crippen LogP contribution in [0.3, 0.4) is 0 Å². The number of thiazole rings is 1. The number of ether oxygens (including phenoxy) is 1. The van der Waals surface area contributed by atoms with Gasteiger partial charge in [0.2, 0.25) is 10.0 Å². The molecular formula is C25H29N4O4S2+. The Balaban J connectivity index is 1.29. The number of sulfonamides is 1. The molecule has 1 saturated heterocycles. The number of hydrogen-bond acceptors (Lipinski definition) is 6. The van der Waals surface area contributed by atoms with Crippen LogP contribution in [0.2, 0.25) is 0 Å². The summed E-state index contributed by atoms with van der Waals surface area (Å²) in [7, 11) is -3.70. The zero-order valence-corrected chi connectivity index (χ0v) is 21.3. The van der Waals surface area contributed by atoms with Gasteiger partial charge in [0.05, 0.1) is 35.2 Å². The number of quaternary nitrogens is 1. The lowest BCUT2D eigenvalue weighted by molar-refractivity contribution is -0.929. The molecule has 0 spiro atoms. The first kappa shape index (κ1) is 24.1. The maximum atomic E-state index is 13.2. The predicted molar refractivity (Wildman–Crippen MR) is 134 cm³/mol. The molecular weight excluding hydrogens is 484 g/mol. The molecule has 1 atom stereocenters. The van der Waals surface area contributed by atoms with Crippen LogP contribution in [0.5, 0.6) is 0 Å². The Labute approximate surface area is 209 Å². The quantitative estimate of drug-likeness (QED) is 0.525. The molecule has 10 heteroatoms. The zero-order chi connectivity index (χ0) is 24.4. The average Bonchev–Trinajstić information content (AvgIpc) is 3.27. The second kappa shape index (κ2) is 10.2. The molecule has 2 aliphatic rings. The number of anilines is 1. The fraction of sp³-hybridized carbons (Fsp3) is 0.360. The van der Waals surface area contributed by atoms with E-state index in [0.29, 0.717) is 42.6 Å². The average molecular weight is 514 g/mol. The molecule has 3 heterocycles. The largest absolute Gasteiger partial charge is 0.379 e. The van der Waals surface area contributed by atoms with E-state index < -0.39 is 10.0 Å². The summed E-state index contributed by atoms with van der Waals surface area (Å²) in [5.74, 6) is -0.358. The van der Waals surface area contributed by atoms with E-state index in [4.69, 9.17) is 4.74 Å². The summed E-state index contributed by atoms with van der Waals surface area (Å²) in [4.78, 5) is 20.5. The Morgan fingerprint density at radius 3 is 2.71 bits per heavy atom. The minimum atomic E-state index is -3.70. The van der Waals surface area contributed by atoms with Crippen molar-refractivity contribution in [3.8, 4) is 0 Å². The monoisotopic (exact) mass is 513 g/mol. The van der Waals surface area contributed by atoms with Crippen molar-refractivity contribution in [1.82, 2.24) is 9.29 Å². The second-order valence-corrected chi connectivity index (χ2v) is 11.9. The van der Waals surface area contributed by atoms with E-state index in [1.165, 1.54) is 37.0 Å².